The zero-order valence-electron chi connectivity index (χ0n) is 12.7. The average Bonchev–Trinajstić information content (AvgIpc) is 2.63. The molecule has 0 aliphatic carbocycles. The van der Waals surface area contributed by atoms with E-state index in [-0.39, 0.29) is 5.78 Å². The highest BCUT2D eigenvalue weighted by Crippen LogP contribution is 2.17. The molecule has 0 atom stereocenters. The molecule has 23 heavy (non-hydrogen) atoms. The highest BCUT2D eigenvalue weighted by Gasteiger charge is 2.10. The van der Waals surface area contributed by atoms with E-state index in [4.69, 9.17) is 0 Å². The minimum absolute atomic E-state index is 0.0150. The van der Waals surface area contributed by atoms with Gasteiger partial charge in [-0.2, -0.15) is 0 Å². The normalized spacial score (nSPS) is 9.43. The summed E-state index contributed by atoms with van der Waals surface area (Å²) in [5.74, 6) is 0.0150. The molecule has 0 aromatic heterocycles. The van der Waals surface area contributed by atoms with Crippen LogP contribution >= 0.6 is 12.6 Å². The molecule has 3 aromatic rings. The molecule has 0 spiro atoms. The van der Waals surface area contributed by atoms with E-state index >= 15 is 0 Å². The van der Waals surface area contributed by atoms with Crippen LogP contribution in [-0.4, -0.2) is 5.78 Å². The van der Waals surface area contributed by atoms with Gasteiger partial charge in [-0.25, -0.2) is 0 Å². The molecule has 0 saturated heterocycles. The van der Waals surface area contributed by atoms with Crippen LogP contribution in [0.2, 0.25) is 0 Å². The Morgan fingerprint density at radius 1 is 0.783 bits per heavy atom. The van der Waals surface area contributed by atoms with Gasteiger partial charge in [-0.05, 0) is 17.7 Å². The predicted octanol–water partition coefficient (Wildman–Crippen LogP) is 5.54. The summed E-state index contributed by atoms with van der Waals surface area (Å²) in [6.45, 7) is 3.63. The maximum atomic E-state index is 12.0. The van der Waals surface area contributed by atoms with Crippen molar-refractivity contribution in [1.82, 2.24) is 0 Å². The number of benzene rings is 3. The quantitative estimate of drug-likeness (QED) is 0.496. The standard InChI is InChI=1S/C13H10OS.C8H8/c14-13(10-6-2-1-3-7-10)11-8-4-5-9-12(11)15;1-2-8-6-4-3-5-7-8/h1-9,15H;2-7H,1H2. The van der Waals surface area contributed by atoms with Crippen molar-refractivity contribution in [1.29, 1.82) is 0 Å². The zero-order valence-corrected chi connectivity index (χ0v) is 13.6. The van der Waals surface area contributed by atoms with Crippen LogP contribution in [-0.2, 0) is 0 Å². The summed E-state index contributed by atoms with van der Waals surface area (Å²) in [6.07, 6.45) is 1.83. The fourth-order valence-electron chi connectivity index (χ4n) is 2.00. The third kappa shape index (κ3) is 4.97. The Kier molecular flexibility index (Phi) is 6.40. The highest BCUT2D eigenvalue weighted by molar-refractivity contribution is 7.80. The van der Waals surface area contributed by atoms with Gasteiger partial charge in [0.15, 0.2) is 5.78 Å². The number of carbonyl (C=O) groups excluding carboxylic acids is 1. The molecule has 1 nitrogen and oxygen atoms in total. The van der Waals surface area contributed by atoms with Gasteiger partial charge in [-0.15, -0.1) is 12.6 Å². The average molecular weight is 318 g/mol. The highest BCUT2D eigenvalue weighted by atomic mass is 32.1. The molecule has 2 heteroatoms. The van der Waals surface area contributed by atoms with E-state index < -0.39 is 0 Å². The molecule has 0 N–H and O–H groups in total. The van der Waals surface area contributed by atoms with Crippen molar-refractivity contribution in [2.75, 3.05) is 0 Å². The smallest absolute Gasteiger partial charge is 0.194 e. The summed E-state index contributed by atoms with van der Waals surface area (Å²) in [6, 6.07) is 26.6. The van der Waals surface area contributed by atoms with Crippen LogP contribution in [0.3, 0.4) is 0 Å². The molecule has 0 unspecified atom stereocenters. The van der Waals surface area contributed by atoms with E-state index in [0.29, 0.717) is 16.0 Å². The van der Waals surface area contributed by atoms with Crippen molar-refractivity contribution >= 4 is 24.5 Å². The second-order valence-corrected chi connectivity index (χ2v) is 5.31. The lowest BCUT2D eigenvalue weighted by Gasteiger charge is -2.03. The Morgan fingerprint density at radius 2 is 1.30 bits per heavy atom. The predicted molar refractivity (Wildman–Crippen MR) is 100 cm³/mol. The van der Waals surface area contributed by atoms with Gasteiger partial charge in [-0.3, -0.25) is 4.79 Å². The lowest BCUT2D eigenvalue weighted by molar-refractivity contribution is 0.103. The van der Waals surface area contributed by atoms with Gasteiger partial charge in [0.2, 0.25) is 0 Å². The summed E-state index contributed by atoms with van der Waals surface area (Å²) in [5.41, 5.74) is 2.51. The molecule has 0 bridgehead atoms. The SMILES string of the molecule is C=Cc1ccccc1.O=C(c1ccccc1)c1ccccc1S. The van der Waals surface area contributed by atoms with Crippen molar-refractivity contribution in [2.45, 2.75) is 4.90 Å². The third-order valence-electron chi connectivity index (χ3n) is 3.22. The van der Waals surface area contributed by atoms with Gasteiger partial charge in [0, 0.05) is 16.0 Å². The lowest BCUT2D eigenvalue weighted by Crippen LogP contribution is -2.01. The van der Waals surface area contributed by atoms with Crippen molar-refractivity contribution in [3.05, 3.63) is 108 Å². The van der Waals surface area contributed by atoms with Crippen LogP contribution in [0.4, 0.5) is 0 Å². The minimum atomic E-state index is 0.0150. The van der Waals surface area contributed by atoms with E-state index in [1.807, 2.05) is 84.9 Å². The van der Waals surface area contributed by atoms with Crippen LogP contribution in [0.25, 0.3) is 6.08 Å². The van der Waals surface area contributed by atoms with E-state index in [9.17, 15) is 4.79 Å². The molecule has 0 heterocycles. The van der Waals surface area contributed by atoms with Crippen LogP contribution < -0.4 is 0 Å². The minimum Gasteiger partial charge on any atom is -0.289 e. The number of hydrogen-bond acceptors (Lipinski definition) is 2. The molecule has 0 aliphatic heterocycles. The number of ketones is 1. The van der Waals surface area contributed by atoms with Crippen molar-refractivity contribution in [3.63, 3.8) is 0 Å². The number of hydrogen-bond donors (Lipinski definition) is 1. The van der Waals surface area contributed by atoms with Crippen molar-refractivity contribution in [3.8, 4) is 0 Å². The Bertz CT molecular complexity index is 764. The van der Waals surface area contributed by atoms with Gasteiger partial charge < -0.3 is 0 Å². The molecule has 3 rings (SSSR count). The molecule has 0 aliphatic rings. The molecule has 0 amide bonds. The van der Waals surface area contributed by atoms with Crippen LogP contribution in [0.15, 0.2) is 96.4 Å². The van der Waals surface area contributed by atoms with Gasteiger partial charge in [0.05, 0.1) is 0 Å². The molecule has 3 aromatic carbocycles. The molecule has 0 radical (unpaired) electrons. The van der Waals surface area contributed by atoms with Gasteiger partial charge >= 0.3 is 0 Å². The lowest BCUT2D eigenvalue weighted by atomic mass is 10.0. The fraction of sp³-hybridized carbons (Fsp3) is 0. The number of carbonyl (C=O) groups is 1. The third-order valence-corrected chi connectivity index (χ3v) is 3.61. The summed E-state index contributed by atoms with van der Waals surface area (Å²) in [4.78, 5) is 12.7. The second kappa shape index (κ2) is 8.76. The maximum Gasteiger partial charge on any atom is 0.194 e. The summed E-state index contributed by atoms with van der Waals surface area (Å²) < 4.78 is 0. The largest absolute Gasteiger partial charge is 0.289 e. The van der Waals surface area contributed by atoms with E-state index in [0.717, 1.165) is 0 Å². The van der Waals surface area contributed by atoms with Crippen LogP contribution in [0.5, 0.6) is 0 Å². The number of thiol groups is 1. The molecule has 114 valence electrons. The van der Waals surface area contributed by atoms with E-state index in [1.54, 1.807) is 6.07 Å². The van der Waals surface area contributed by atoms with E-state index in [1.165, 1.54) is 5.56 Å². The van der Waals surface area contributed by atoms with Crippen molar-refractivity contribution < 1.29 is 4.79 Å². The maximum absolute atomic E-state index is 12.0. The Balaban J connectivity index is 0.000000203. The summed E-state index contributed by atoms with van der Waals surface area (Å²) in [7, 11) is 0. The summed E-state index contributed by atoms with van der Waals surface area (Å²) in [5, 5.41) is 0. The second-order valence-electron chi connectivity index (χ2n) is 4.83. The van der Waals surface area contributed by atoms with E-state index in [2.05, 4.69) is 19.2 Å². The van der Waals surface area contributed by atoms with Gasteiger partial charge in [0.1, 0.15) is 0 Å². The first-order chi connectivity index (χ1) is 11.2. The van der Waals surface area contributed by atoms with Gasteiger partial charge in [0.25, 0.3) is 0 Å². The molecular formula is C21H18OS. The Hall–Kier alpha value is -2.58. The molecule has 0 saturated carbocycles. The van der Waals surface area contributed by atoms with Crippen LogP contribution in [0, 0.1) is 0 Å². The molecule has 0 fully saturated rings. The fourth-order valence-corrected chi connectivity index (χ4v) is 2.26. The van der Waals surface area contributed by atoms with Crippen LogP contribution in [0.1, 0.15) is 21.5 Å². The summed E-state index contributed by atoms with van der Waals surface area (Å²) >= 11 is 4.27. The van der Waals surface area contributed by atoms with Gasteiger partial charge in [-0.1, -0.05) is 85.5 Å². The number of rotatable bonds is 3. The Morgan fingerprint density at radius 3 is 1.83 bits per heavy atom. The zero-order chi connectivity index (χ0) is 16.5. The van der Waals surface area contributed by atoms with Crippen molar-refractivity contribution in [2.24, 2.45) is 0 Å². The first-order valence-corrected chi connectivity index (χ1v) is 7.72. The first-order valence-electron chi connectivity index (χ1n) is 7.27. The monoisotopic (exact) mass is 318 g/mol. The Labute approximate surface area is 142 Å². The first kappa shape index (κ1) is 16.8. The topological polar surface area (TPSA) is 17.1 Å². The molecular weight excluding hydrogens is 300 g/mol.